The molecule has 2 rings (SSSR count). The molecule has 5 heteroatoms. The first kappa shape index (κ1) is 7.30. The van der Waals surface area contributed by atoms with Gasteiger partial charge in [0, 0.05) is 0 Å². The number of hydrogen-bond acceptors (Lipinski definition) is 3. The second-order valence-electron chi connectivity index (χ2n) is 2.64. The van der Waals surface area contributed by atoms with Gasteiger partial charge in [0.05, 0.1) is 37.2 Å². The largest absolute Gasteiger partial charge is 0.373 e. The zero-order valence-electron chi connectivity index (χ0n) is 6.49. The van der Waals surface area contributed by atoms with Crippen LogP contribution in [0.1, 0.15) is 16.1 Å². The van der Waals surface area contributed by atoms with Crippen LogP contribution in [-0.2, 0) is 17.9 Å². The van der Waals surface area contributed by atoms with E-state index in [1.807, 2.05) is 0 Å². The van der Waals surface area contributed by atoms with Crippen molar-refractivity contribution in [2.24, 2.45) is 5.73 Å². The Hall–Kier alpha value is -1.36. The van der Waals surface area contributed by atoms with E-state index in [-0.39, 0.29) is 0 Å². The second-order valence-corrected chi connectivity index (χ2v) is 2.64. The molecule has 0 saturated heterocycles. The summed E-state index contributed by atoms with van der Waals surface area (Å²) in [6.07, 6.45) is 1.49. The molecule has 0 aromatic carbocycles. The van der Waals surface area contributed by atoms with E-state index in [1.54, 1.807) is 4.68 Å². The molecule has 1 aromatic heterocycles. The van der Waals surface area contributed by atoms with E-state index in [0.29, 0.717) is 25.3 Å². The summed E-state index contributed by atoms with van der Waals surface area (Å²) in [4.78, 5) is 10.8. The van der Waals surface area contributed by atoms with Crippen LogP contribution in [0, 0.1) is 0 Å². The van der Waals surface area contributed by atoms with Gasteiger partial charge in [0.15, 0.2) is 0 Å². The average molecular weight is 167 g/mol. The van der Waals surface area contributed by atoms with Gasteiger partial charge in [-0.25, -0.2) is 0 Å². The van der Waals surface area contributed by atoms with Gasteiger partial charge in [-0.15, -0.1) is 0 Å². The number of nitrogens with zero attached hydrogens (tertiary/aromatic N) is 2. The average Bonchev–Trinajstić information content (AvgIpc) is 2.47. The number of ether oxygens (including phenoxy) is 1. The summed E-state index contributed by atoms with van der Waals surface area (Å²) in [6.45, 7) is 1.77. The normalized spacial score (nSPS) is 15.7. The monoisotopic (exact) mass is 167 g/mol. The molecule has 0 fully saturated rings. The summed E-state index contributed by atoms with van der Waals surface area (Å²) in [5, 5.41) is 4.01. The number of nitrogens with two attached hydrogens (primary N) is 1. The second kappa shape index (κ2) is 2.60. The van der Waals surface area contributed by atoms with Gasteiger partial charge in [0.2, 0.25) is 0 Å². The lowest BCUT2D eigenvalue weighted by Crippen LogP contribution is -2.20. The molecule has 0 radical (unpaired) electrons. The Morgan fingerprint density at radius 1 is 1.75 bits per heavy atom. The summed E-state index contributed by atoms with van der Waals surface area (Å²) in [5.74, 6) is -0.443. The predicted molar refractivity (Wildman–Crippen MR) is 40.4 cm³/mol. The molecule has 0 aliphatic carbocycles. The summed E-state index contributed by atoms with van der Waals surface area (Å²) < 4.78 is 6.93. The highest BCUT2D eigenvalue weighted by atomic mass is 16.5. The number of rotatable bonds is 1. The van der Waals surface area contributed by atoms with Crippen LogP contribution in [0.3, 0.4) is 0 Å². The first-order chi connectivity index (χ1) is 5.79. The van der Waals surface area contributed by atoms with E-state index in [2.05, 4.69) is 5.10 Å². The molecule has 12 heavy (non-hydrogen) atoms. The van der Waals surface area contributed by atoms with E-state index >= 15 is 0 Å². The fraction of sp³-hybridized carbons (Fsp3) is 0.429. The highest BCUT2D eigenvalue weighted by molar-refractivity contribution is 5.93. The number of carbonyl (C=O) groups is 1. The topological polar surface area (TPSA) is 70.1 Å². The van der Waals surface area contributed by atoms with Gasteiger partial charge >= 0.3 is 0 Å². The maximum absolute atomic E-state index is 10.8. The van der Waals surface area contributed by atoms with Gasteiger partial charge < -0.3 is 10.5 Å². The van der Waals surface area contributed by atoms with E-state index in [9.17, 15) is 4.79 Å². The number of aromatic nitrogens is 2. The van der Waals surface area contributed by atoms with Crippen LogP contribution in [0.2, 0.25) is 0 Å². The Kier molecular flexibility index (Phi) is 1.58. The minimum absolute atomic E-state index is 0.429. The van der Waals surface area contributed by atoms with Crippen molar-refractivity contribution in [2.45, 2.75) is 13.2 Å². The standard InChI is InChI=1S/C7H9N3O2/c8-7(11)5-3-9-10-1-2-12-4-6(5)10/h3H,1-2,4H2,(H2,8,11). The number of carbonyl (C=O) groups excluding carboxylic acids is 1. The van der Waals surface area contributed by atoms with Crippen molar-refractivity contribution in [3.8, 4) is 0 Å². The highest BCUT2D eigenvalue weighted by Crippen LogP contribution is 2.12. The van der Waals surface area contributed by atoms with Crippen molar-refractivity contribution in [1.82, 2.24) is 9.78 Å². The quantitative estimate of drug-likeness (QED) is 0.613. The third-order valence-electron chi connectivity index (χ3n) is 1.90. The smallest absolute Gasteiger partial charge is 0.252 e. The third-order valence-corrected chi connectivity index (χ3v) is 1.90. The fourth-order valence-corrected chi connectivity index (χ4v) is 1.28. The molecule has 0 spiro atoms. The Morgan fingerprint density at radius 2 is 2.58 bits per heavy atom. The molecule has 0 bridgehead atoms. The van der Waals surface area contributed by atoms with Crippen molar-refractivity contribution in [2.75, 3.05) is 6.61 Å². The number of primary amides is 1. The predicted octanol–water partition coefficient (Wildman–Crippen LogP) is -0.488. The zero-order chi connectivity index (χ0) is 8.55. The Balaban J connectivity index is 2.44. The van der Waals surface area contributed by atoms with Crippen molar-refractivity contribution in [1.29, 1.82) is 0 Å². The molecule has 1 aromatic rings. The van der Waals surface area contributed by atoms with E-state index in [4.69, 9.17) is 10.5 Å². The van der Waals surface area contributed by atoms with Crippen LogP contribution in [0.5, 0.6) is 0 Å². The van der Waals surface area contributed by atoms with Crippen molar-refractivity contribution in [3.05, 3.63) is 17.5 Å². The molecule has 0 unspecified atom stereocenters. The molecule has 64 valence electrons. The van der Waals surface area contributed by atoms with Crippen molar-refractivity contribution in [3.63, 3.8) is 0 Å². The maximum Gasteiger partial charge on any atom is 0.252 e. The summed E-state index contributed by atoms with van der Waals surface area (Å²) in [5.41, 5.74) is 6.39. The summed E-state index contributed by atoms with van der Waals surface area (Å²) >= 11 is 0. The van der Waals surface area contributed by atoms with Gasteiger partial charge in [-0.1, -0.05) is 0 Å². The highest BCUT2D eigenvalue weighted by Gasteiger charge is 2.17. The van der Waals surface area contributed by atoms with Crippen LogP contribution in [0.4, 0.5) is 0 Å². The number of hydrogen-bond donors (Lipinski definition) is 1. The number of amides is 1. The van der Waals surface area contributed by atoms with E-state index in [1.165, 1.54) is 6.20 Å². The minimum atomic E-state index is -0.443. The Bertz CT molecular complexity index is 318. The Labute approximate surface area is 69.1 Å². The van der Waals surface area contributed by atoms with Gasteiger partial charge in [0.1, 0.15) is 0 Å². The van der Waals surface area contributed by atoms with Gasteiger partial charge in [-0.2, -0.15) is 5.10 Å². The lowest BCUT2D eigenvalue weighted by Gasteiger charge is -2.14. The molecule has 0 saturated carbocycles. The van der Waals surface area contributed by atoms with Gasteiger partial charge in [0.25, 0.3) is 5.91 Å². The van der Waals surface area contributed by atoms with Crippen LogP contribution in [0.15, 0.2) is 6.20 Å². The SMILES string of the molecule is NC(=O)c1cnn2c1COCC2. The lowest BCUT2D eigenvalue weighted by atomic mass is 10.2. The fourth-order valence-electron chi connectivity index (χ4n) is 1.28. The van der Waals surface area contributed by atoms with Crippen LogP contribution in [-0.4, -0.2) is 22.3 Å². The molecule has 2 heterocycles. The van der Waals surface area contributed by atoms with E-state index < -0.39 is 5.91 Å². The molecule has 1 aliphatic rings. The third kappa shape index (κ3) is 0.984. The molecule has 2 N–H and O–H groups in total. The minimum Gasteiger partial charge on any atom is -0.373 e. The Morgan fingerprint density at radius 3 is 3.33 bits per heavy atom. The van der Waals surface area contributed by atoms with Gasteiger partial charge in [-0.05, 0) is 0 Å². The first-order valence-corrected chi connectivity index (χ1v) is 3.71. The molecule has 1 aliphatic heterocycles. The lowest BCUT2D eigenvalue weighted by molar-refractivity contribution is 0.0780. The van der Waals surface area contributed by atoms with Crippen LogP contribution < -0.4 is 5.73 Å². The number of fused-ring (bicyclic) bond motifs is 1. The van der Waals surface area contributed by atoms with Crippen LogP contribution in [0.25, 0.3) is 0 Å². The first-order valence-electron chi connectivity index (χ1n) is 3.71. The maximum atomic E-state index is 10.8. The van der Waals surface area contributed by atoms with Crippen molar-refractivity contribution < 1.29 is 9.53 Å². The molecular formula is C7H9N3O2. The molecule has 5 nitrogen and oxygen atoms in total. The van der Waals surface area contributed by atoms with E-state index in [0.717, 1.165) is 5.69 Å². The molecular weight excluding hydrogens is 158 g/mol. The summed E-state index contributed by atoms with van der Waals surface area (Å²) in [6, 6.07) is 0. The van der Waals surface area contributed by atoms with Gasteiger partial charge in [-0.3, -0.25) is 9.48 Å². The molecule has 0 atom stereocenters. The summed E-state index contributed by atoms with van der Waals surface area (Å²) in [7, 11) is 0. The van der Waals surface area contributed by atoms with Crippen LogP contribution >= 0.6 is 0 Å². The van der Waals surface area contributed by atoms with Crippen molar-refractivity contribution >= 4 is 5.91 Å². The molecule has 1 amide bonds. The zero-order valence-corrected chi connectivity index (χ0v) is 6.49.